The average Bonchev–Trinajstić information content (AvgIpc) is 2.49. The zero-order valence-corrected chi connectivity index (χ0v) is 14.6. The van der Waals surface area contributed by atoms with Crippen LogP contribution in [-0.2, 0) is 34.0 Å². The molecule has 1 aromatic rings. The molecule has 0 unspecified atom stereocenters. The molecule has 0 spiro atoms. The quantitative estimate of drug-likeness (QED) is 0.507. The molecular formula is C13H22O6SSi. The van der Waals surface area contributed by atoms with Crippen molar-refractivity contribution < 1.29 is 25.9 Å². The monoisotopic (exact) mass is 334 g/mol. The van der Waals surface area contributed by atoms with Crippen molar-refractivity contribution in [3.63, 3.8) is 0 Å². The van der Waals surface area contributed by atoms with Crippen LogP contribution >= 0.6 is 0 Å². The molecule has 6 nitrogen and oxygen atoms in total. The van der Waals surface area contributed by atoms with Gasteiger partial charge in [-0.15, -0.1) is 0 Å². The molecule has 0 bridgehead atoms. The Morgan fingerprint density at radius 2 is 1.62 bits per heavy atom. The third-order valence-electron chi connectivity index (χ3n) is 3.15. The van der Waals surface area contributed by atoms with Crippen molar-refractivity contribution in [2.75, 3.05) is 27.9 Å². The third-order valence-corrected chi connectivity index (χ3v) is 7.36. The van der Waals surface area contributed by atoms with Gasteiger partial charge >= 0.3 is 8.80 Å². The highest BCUT2D eigenvalue weighted by atomic mass is 32.2. The molecule has 0 saturated heterocycles. The minimum Gasteiger partial charge on any atom is -0.377 e. The second-order valence-electron chi connectivity index (χ2n) is 4.26. The summed E-state index contributed by atoms with van der Waals surface area (Å²) in [5.74, 6) is 0. The second-order valence-corrected chi connectivity index (χ2v) is 8.94. The Morgan fingerprint density at radius 3 is 2.14 bits per heavy atom. The Morgan fingerprint density at radius 1 is 1.05 bits per heavy atom. The number of rotatable bonds is 9. The maximum absolute atomic E-state index is 12.1. The van der Waals surface area contributed by atoms with Crippen LogP contribution in [0.2, 0.25) is 6.04 Å². The van der Waals surface area contributed by atoms with Crippen molar-refractivity contribution in [3.05, 3.63) is 29.8 Å². The first-order valence-electron chi connectivity index (χ1n) is 6.57. The number of hydrogen-bond donors (Lipinski definition) is 0. The first-order chi connectivity index (χ1) is 9.94. The molecule has 0 fully saturated rings. The van der Waals surface area contributed by atoms with Gasteiger partial charge in [0, 0.05) is 27.4 Å². The summed E-state index contributed by atoms with van der Waals surface area (Å²) in [5.41, 5.74) is 0.661. The van der Waals surface area contributed by atoms with E-state index in [9.17, 15) is 8.42 Å². The fourth-order valence-corrected chi connectivity index (χ4v) is 4.88. The lowest BCUT2D eigenvalue weighted by atomic mass is 10.2. The summed E-state index contributed by atoms with van der Waals surface area (Å²) < 4.78 is 45.1. The van der Waals surface area contributed by atoms with Crippen LogP contribution < -0.4 is 0 Å². The van der Waals surface area contributed by atoms with E-state index in [0.717, 1.165) is 0 Å². The van der Waals surface area contributed by atoms with E-state index in [1.165, 1.54) is 27.4 Å². The summed E-state index contributed by atoms with van der Waals surface area (Å²) >= 11 is 0. The van der Waals surface area contributed by atoms with Gasteiger partial charge < -0.3 is 13.3 Å². The van der Waals surface area contributed by atoms with Crippen LogP contribution in [0, 0.1) is 0 Å². The summed E-state index contributed by atoms with van der Waals surface area (Å²) in [4.78, 5) is 0.179. The van der Waals surface area contributed by atoms with Gasteiger partial charge in [-0.25, -0.2) is 0 Å². The average molecular weight is 334 g/mol. The second kappa shape index (κ2) is 8.02. The van der Waals surface area contributed by atoms with Crippen LogP contribution in [0.5, 0.6) is 0 Å². The Kier molecular flexibility index (Phi) is 6.98. The predicted octanol–water partition coefficient (Wildman–Crippen LogP) is 1.83. The first kappa shape index (κ1) is 18.3. The van der Waals surface area contributed by atoms with Crippen LogP contribution in [0.15, 0.2) is 29.2 Å². The van der Waals surface area contributed by atoms with E-state index in [2.05, 4.69) is 0 Å². The minimum absolute atomic E-state index is 0.101. The molecule has 8 heteroatoms. The highest BCUT2D eigenvalue weighted by Gasteiger charge is 2.37. The summed E-state index contributed by atoms with van der Waals surface area (Å²) in [7, 11) is -1.88. The molecule has 0 radical (unpaired) electrons. The smallest absolute Gasteiger partial charge is 0.377 e. The summed E-state index contributed by atoms with van der Waals surface area (Å²) in [5, 5.41) is 0. The van der Waals surface area contributed by atoms with Crippen molar-refractivity contribution in [1.82, 2.24) is 0 Å². The van der Waals surface area contributed by atoms with Gasteiger partial charge in [0.25, 0.3) is 10.1 Å². The topological polar surface area (TPSA) is 71.1 Å². The van der Waals surface area contributed by atoms with E-state index in [4.69, 9.17) is 17.5 Å². The van der Waals surface area contributed by atoms with Gasteiger partial charge in [-0.3, -0.25) is 4.18 Å². The molecule has 0 N–H and O–H groups in total. The normalized spacial score (nSPS) is 12.6. The molecule has 21 heavy (non-hydrogen) atoms. The van der Waals surface area contributed by atoms with Crippen LogP contribution in [0.1, 0.15) is 12.5 Å². The van der Waals surface area contributed by atoms with Gasteiger partial charge in [0.1, 0.15) is 0 Å². The summed E-state index contributed by atoms with van der Waals surface area (Å²) in [6.07, 6.45) is 0.463. The van der Waals surface area contributed by atoms with Crippen molar-refractivity contribution in [2.24, 2.45) is 0 Å². The molecule has 0 aliphatic heterocycles. The Hall–Kier alpha value is -0.773. The fourth-order valence-electron chi connectivity index (χ4n) is 2.02. The fraction of sp³-hybridized carbons (Fsp3) is 0.538. The molecule has 1 rings (SSSR count). The molecule has 0 aliphatic rings. The van der Waals surface area contributed by atoms with E-state index in [0.29, 0.717) is 18.0 Å². The van der Waals surface area contributed by atoms with Crippen molar-refractivity contribution in [1.29, 1.82) is 0 Å². The van der Waals surface area contributed by atoms with Crippen molar-refractivity contribution >= 4 is 18.9 Å². The van der Waals surface area contributed by atoms with Gasteiger partial charge in [0.2, 0.25) is 0 Å². The molecule has 0 saturated carbocycles. The van der Waals surface area contributed by atoms with Crippen LogP contribution in [0.3, 0.4) is 0 Å². The number of hydrogen-bond acceptors (Lipinski definition) is 6. The van der Waals surface area contributed by atoms with Gasteiger partial charge in [0.05, 0.1) is 11.5 Å². The lowest BCUT2D eigenvalue weighted by Gasteiger charge is -2.24. The van der Waals surface area contributed by atoms with Gasteiger partial charge in [-0.05, 0) is 25.0 Å². The first-order valence-corrected chi connectivity index (χ1v) is 9.91. The SMILES string of the molecule is CCOS(=O)(=O)c1ccccc1CC[Si](OC)(OC)OC. The summed E-state index contributed by atoms with van der Waals surface area (Å²) in [6, 6.07) is 7.23. The minimum atomic E-state index is -3.74. The van der Waals surface area contributed by atoms with E-state index >= 15 is 0 Å². The van der Waals surface area contributed by atoms with Crippen LogP contribution in [0.4, 0.5) is 0 Å². The van der Waals surface area contributed by atoms with E-state index in [1.807, 2.05) is 0 Å². The molecule has 0 aliphatic carbocycles. The van der Waals surface area contributed by atoms with Crippen molar-refractivity contribution in [2.45, 2.75) is 24.3 Å². The lowest BCUT2D eigenvalue weighted by Crippen LogP contribution is -2.43. The van der Waals surface area contributed by atoms with Crippen LogP contribution in [-0.4, -0.2) is 45.2 Å². The zero-order valence-electron chi connectivity index (χ0n) is 12.8. The maximum Gasteiger partial charge on any atom is 0.500 e. The van der Waals surface area contributed by atoms with E-state index in [1.54, 1.807) is 25.1 Å². The van der Waals surface area contributed by atoms with E-state index in [-0.39, 0.29) is 11.5 Å². The van der Waals surface area contributed by atoms with Gasteiger partial charge in [-0.1, -0.05) is 18.2 Å². The molecule has 0 aromatic heterocycles. The molecule has 0 heterocycles. The van der Waals surface area contributed by atoms with Gasteiger partial charge in [0.15, 0.2) is 0 Å². The maximum atomic E-state index is 12.1. The molecule has 1 aromatic carbocycles. The van der Waals surface area contributed by atoms with Crippen LogP contribution in [0.25, 0.3) is 0 Å². The highest BCUT2D eigenvalue weighted by molar-refractivity contribution is 7.86. The number of benzene rings is 1. The lowest BCUT2D eigenvalue weighted by molar-refractivity contribution is 0.123. The highest BCUT2D eigenvalue weighted by Crippen LogP contribution is 2.23. The Bertz CT molecular complexity index is 533. The molecule has 0 atom stereocenters. The standard InChI is InChI=1S/C13H22O6SSi/c1-5-19-20(14,15)13-9-7-6-8-12(13)10-11-21(16-2,17-3)18-4/h6-9H,5,10-11H2,1-4H3. The summed E-state index contributed by atoms with van der Waals surface area (Å²) in [6.45, 7) is 1.74. The molecule has 0 amide bonds. The van der Waals surface area contributed by atoms with E-state index < -0.39 is 18.9 Å². The predicted molar refractivity (Wildman–Crippen MR) is 80.5 cm³/mol. The number of aryl methyl sites for hydroxylation is 1. The van der Waals surface area contributed by atoms with Crippen molar-refractivity contribution in [3.8, 4) is 0 Å². The Balaban J connectivity index is 3.00. The Labute approximate surface area is 127 Å². The zero-order chi connectivity index (χ0) is 15.9. The molecular weight excluding hydrogens is 312 g/mol. The van der Waals surface area contributed by atoms with Gasteiger partial charge in [-0.2, -0.15) is 8.42 Å². The third kappa shape index (κ3) is 4.60. The largest absolute Gasteiger partial charge is 0.500 e. The molecule has 120 valence electrons.